The van der Waals surface area contributed by atoms with Gasteiger partial charge in [0.1, 0.15) is 0 Å². The first kappa shape index (κ1) is 10.4. The molecule has 0 aromatic carbocycles. The van der Waals surface area contributed by atoms with Gasteiger partial charge < -0.3 is 0 Å². The molecule has 0 saturated carbocycles. The van der Waals surface area contributed by atoms with Crippen molar-refractivity contribution in [2.75, 3.05) is 0 Å². The van der Waals surface area contributed by atoms with Crippen LogP contribution in [0.15, 0.2) is 0 Å². The van der Waals surface area contributed by atoms with Gasteiger partial charge in [-0.2, -0.15) is 0 Å². The summed E-state index contributed by atoms with van der Waals surface area (Å²) in [6.45, 7) is 7.91. The largest absolute Gasteiger partial charge is 0.264 e. The van der Waals surface area contributed by atoms with Crippen LogP contribution in [-0.4, -0.2) is 11.0 Å². The van der Waals surface area contributed by atoms with Crippen molar-refractivity contribution in [1.82, 2.24) is 0 Å². The predicted molar refractivity (Wildman–Crippen MR) is 45.1 cm³/mol. The molecule has 0 N–H and O–H groups in total. The Labute approximate surface area is 67.9 Å². The van der Waals surface area contributed by atoms with Crippen LogP contribution < -0.4 is 0 Å². The van der Waals surface area contributed by atoms with Gasteiger partial charge in [-0.15, -0.1) is 0 Å². The average molecular weight is 159 g/mol. The van der Waals surface area contributed by atoms with Crippen molar-refractivity contribution in [1.29, 1.82) is 0 Å². The van der Waals surface area contributed by atoms with Gasteiger partial charge >= 0.3 is 0 Å². The van der Waals surface area contributed by atoms with E-state index in [4.69, 9.17) is 0 Å². The third-order valence-corrected chi connectivity index (χ3v) is 2.21. The highest BCUT2D eigenvalue weighted by molar-refractivity contribution is 4.60. The molecule has 3 nitrogen and oxygen atoms in total. The lowest BCUT2D eigenvalue weighted by molar-refractivity contribution is -0.520. The first-order valence-electron chi connectivity index (χ1n) is 4.08. The Balaban J connectivity index is 3.75. The summed E-state index contributed by atoms with van der Waals surface area (Å²) in [6.07, 6.45) is 0.685. The van der Waals surface area contributed by atoms with Crippen LogP contribution in [0.1, 0.15) is 34.1 Å². The van der Waals surface area contributed by atoms with E-state index in [0.29, 0.717) is 18.3 Å². The van der Waals surface area contributed by atoms with Crippen molar-refractivity contribution in [2.45, 2.75) is 40.2 Å². The van der Waals surface area contributed by atoms with Crippen LogP contribution in [0.25, 0.3) is 0 Å². The van der Waals surface area contributed by atoms with E-state index in [1.54, 1.807) is 6.92 Å². The molecule has 0 fully saturated rings. The third-order valence-electron chi connectivity index (χ3n) is 2.21. The minimum atomic E-state index is -0.396. The monoisotopic (exact) mass is 159 g/mol. The molecule has 0 aromatic rings. The summed E-state index contributed by atoms with van der Waals surface area (Å²) in [5.74, 6) is 0.979. The fourth-order valence-electron chi connectivity index (χ4n) is 0.896. The molecule has 3 heteroatoms. The second-order valence-corrected chi connectivity index (χ2v) is 3.59. The molecule has 0 radical (unpaired) electrons. The summed E-state index contributed by atoms with van der Waals surface area (Å²) >= 11 is 0. The van der Waals surface area contributed by atoms with Gasteiger partial charge in [0, 0.05) is 18.3 Å². The van der Waals surface area contributed by atoms with Gasteiger partial charge in [-0.05, 0) is 11.8 Å². The van der Waals surface area contributed by atoms with E-state index < -0.39 is 6.04 Å². The minimum Gasteiger partial charge on any atom is -0.264 e. The zero-order chi connectivity index (χ0) is 9.02. The van der Waals surface area contributed by atoms with Crippen molar-refractivity contribution in [3.63, 3.8) is 0 Å². The molecule has 0 rings (SSSR count). The highest BCUT2D eigenvalue weighted by Gasteiger charge is 2.18. The molecule has 0 aliphatic rings. The Bertz CT molecular complexity index is 134. The number of hydrogen-bond donors (Lipinski definition) is 0. The first-order valence-corrected chi connectivity index (χ1v) is 4.08. The second kappa shape index (κ2) is 4.31. The normalized spacial score (nSPS) is 16.5. The molecule has 0 amide bonds. The van der Waals surface area contributed by atoms with Crippen molar-refractivity contribution >= 4 is 0 Å². The number of hydrogen-bond acceptors (Lipinski definition) is 2. The summed E-state index contributed by atoms with van der Waals surface area (Å²) in [5.41, 5.74) is 0. The first-order chi connectivity index (χ1) is 4.95. The smallest absolute Gasteiger partial charge is 0.210 e. The lowest BCUT2D eigenvalue weighted by atomic mass is 9.92. The maximum atomic E-state index is 10.3. The van der Waals surface area contributed by atoms with Crippen LogP contribution in [0.3, 0.4) is 0 Å². The highest BCUT2D eigenvalue weighted by atomic mass is 16.6. The van der Waals surface area contributed by atoms with Gasteiger partial charge in [-0.1, -0.05) is 20.8 Å². The highest BCUT2D eigenvalue weighted by Crippen LogP contribution is 2.16. The van der Waals surface area contributed by atoms with Crippen molar-refractivity contribution in [2.24, 2.45) is 11.8 Å². The summed E-state index contributed by atoms with van der Waals surface area (Å²) in [5, 5.41) is 10.3. The molecule has 11 heavy (non-hydrogen) atoms. The quantitative estimate of drug-likeness (QED) is 0.466. The topological polar surface area (TPSA) is 43.1 Å². The Hall–Kier alpha value is -0.600. The number of rotatable bonds is 4. The number of nitro groups is 1. The minimum absolute atomic E-state index is 0.209. The molecule has 0 spiro atoms. The lowest BCUT2D eigenvalue weighted by Crippen LogP contribution is -2.20. The van der Waals surface area contributed by atoms with Crippen LogP contribution in [-0.2, 0) is 0 Å². The van der Waals surface area contributed by atoms with Crippen molar-refractivity contribution < 1.29 is 4.92 Å². The van der Waals surface area contributed by atoms with Crippen LogP contribution in [0, 0.1) is 22.0 Å². The molecular weight excluding hydrogens is 142 g/mol. The third kappa shape index (κ3) is 3.96. The van der Waals surface area contributed by atoms with Gasteiger partial charge in [0.05, 0.1) is 0 Å². The standard InChI is InChI=1S/C8H17NO2/c1-6(2)7(3)5-8(4)9(10)11/h6-8H,5H2,1-4H3/t7-,8-/m1/s1. The van der Waals surface area contributed by atoms with Gasteiger partial charge in [-0.25, -0.2) is 0 Å². The molecule has 0 heterocycles. The summed E-state index contributed by atoms with van der Waals surface area (Å²) in [7, 11) is 0. The maximum Gasteiger partial charge on any atom is 0.210 e. The summed E-state index contributed by atoms with van der Waals surface area (Å²) in [4.78, 5) is 10.1. The van der Waals surface area contributed by atoms with Crippen molar-refractivity contribution in [3.05, 3.63) is 10.1 Å². The predicted octanol–water partition coefficient (Wildman–Crippen LogP) is 2.33. The molecule has 0 aliphatic heterocycles. The fraction of sp³-hybridized carbons (Fsp3) is 1.00. The molecule has 0 unspecified atom stereocenters. The zero-order valence-corrected chi connectivity index (χ0v) is 7.70. The van der Waals surface area contributed by atoms with Gasteiger partial charge in [0.15, 0.2) is 0 Å². The van der Waals surface area contributed by atoms with E-state index in [1.165, 1.54) is 0 Å². The fourth-order valence-corrected chi connectivity index (χ4v) is 0.896. The number of nitrogens with zero attached hydrogens (tertiary/aromatic N) is 1. The maximum absolute atomic E-state index is 10.3. The molecule has 0 aliphatic carbocycles. The Kier molecular flexibility index (Phi) is 4.08. The van der Waals surface area contributed by atoms with E-state index in [2.05, 4.69) is 20.8 Å². The molecular formula is C8H17NO2. The van der Waals surface area contributed by atoms with E-state index in [1.807, 2.05) is 0 Å². The zero-order valence-electron chi connectivity index (χ0n) is 7.70. The van der Waals surface area contributed by atoms with Gasteiger partial charge in [0.25, 0.3) is 0 Å². The van der Waals surface area contributed by atoms with Crippen LogP contribution in [0.4, 0.5) is 0 Å². The summed E-state index contributed by atoms with van der Waals surface area (Å²) < 4.78 is 0. The molecule has 66 valence electrons. The van der Waals surface area contributed by atoms with Crippen LogP contribution >= 0.6 is 0 Å². The van der Waals surface area contributed by atoms with Crippen LogP contribution in [0.5, 0.6) is 0 Å². The average Bonchev–Trinajstić information content (AvgIpc) is 1.87. The van der Waals surface area contributed by atoms with Gasteiger partial charge in [0.2, 0.25) is 6.04 Å². The van der Waals surface area contributed by atoms with E-state index in [9.17, 15) is 10.1 Å². The molecule has 0 bridgehead atoms. The Morgan fingerprint density at radius 2 is 1.73 bits per heavy atom. The SMILES string of the molecule is CC(C)[C@H](C)C[C@@H](C)[N+](=O)[O-]. The molecule has 2 atom stereocenters. The van der Waals surface area contributed by atoms with E-state index >= 15 is 0 Å². The molecule has 0 saturated heterocycles. The Morgan fingerprint density at radius 1 is 1.27 bits per heavy atom. The van der Waals surface area contributed by atoms with Gasteiger partial charge in [-0.3, -0.25) is 10.1 Å². The molecule has 0 aromatic heterocycles. The van der Waals surface area contributed by atoms with Crippen molar-refractivity contribution in [3.8, 4) is 0 Å². The van der Waals surface area contributed by atoms with Crippen LogP contribution in [0.2, 0.25) is 0 Å². The van der Waals surface area contributed by atoms with E-state index in [-0.39, 0.29) is 4.92 Å². The summed E-state index contributed by atoms with van der Waals surface area (Å²) in [6, 6.07) is -0.396. The second-order valence-electron chi connectivity index (χ2n) is 3.59. The van der Waals surface area contributed by atoms with E-state index in [0.717, 1.165) is 0 Å². The Morgan fingerprint density at radius 3 is 2.00 bits per heavy atom. The lowest BCUT2D eigenvalue weighted by Gasteiger charge is -2.15.